The molecule has 2 aromatic rings. The summed E-state index contributed by atoms with van der Waals surface area (Å²) in [4.78, 5) is 8.71. The van der Waals surface area contributed by atoms with Gasteiger partial charge in [-0.15, -0.1) is 0 Å². The quantitative estimate of drug-likeness (QED) is 0.635. The third-order valence-corrected chi connectivity index (χ3v) is 2.96. The molecule has 1 heterocycles. The highest BCUT2D eigenvalue weighted by molar-refractivity contribution is 5.79. The number of ether oxygens (including phenoxy) is 1. The van der Waals surface area contributed by atoms with Crippen molar-refractivity contribution in [2.75, 3.05) is 13.1 Å². The molecule has 2 rings (SSSR count). The van der Waals surface area contributed by atoms with E-state index in [1.54, 1.807) is 18.3 Å². The average molecular weight is 316 g/mol. The van der Waals surface area contributed by atoms with Crippen LogP contribution in [0.5, 0.6) is 11.6 Å². The second-order valence-electron chi connectivity index (χ2n) is 4.75. The van der Waals surface area contributed by atoms with Gasteiger partial charge < -0.3 is 15.4 Å². The molecule has 0 radical (unpaired) electrons. The van der Waals surface area contributed by atoms with Crippen molar-refractivity contribution >= 4 is 5.96 Å². The highest BCUT2D eigenvalue weighted by Crippen LogP contribution is 2.23. The Balaban J connectivity index is 2.15. The van der Waals surface area contributed by atoms with Crippen LogP contribution in [-0.2, 0) is 6.54 Å². The Hall–Kier alpha value is -2.63. The Labute approximate surface area is 135 Å². The van der Waals surface area contributed by atoms with Crippen LogP contribution in [0.25, 0.3) is 0 Å². The molecule has 0 bridgehead atoms. The van der Waals surface area contributed by atoms with Gasteiger partial charge in [0.05, 0.1) is 6.54 Å². The lowest BCUT2D eigenvalue weighted by atomic mass is 10.2. The summed E-state index contributed by atoms with van der Waals surface area (Å²) in [5.74, 6) is 1.22. The maximum absolute atomic E-state index is 13.3. The van der Waals surface area contributed by atoms with Gasteiger partial charge >= 0.3 is 0 Å². The summed E-state index contributed by atoms with van der Waals surface area (Å²) in [6, 6.07) is 9.69. The van der Waals surface area contributed by atoms with Gasteiger partial charge in [0.15, 0.2) is 5.96 Å². The molecule has 0 aliphatic rings. The van der Waals surface area contributed by atoms with Crippen molar-refractivity contribution in [2.24, 2.45) is 4.99 Å². The molecule has 0 saturated carbocycles. The van der Waals surface area contributed by atoms with E-state index >= 15 is 0 Å². The Morgan fingerprint density at radius 2 is 1.96 bits per heavy atom. The minimum Gasteiger partial charge on any atom is -0.439 e. The van der Waals surface area contributed by atoms with E-state index in [-0.39, 0.29) is 5.82 Å². The number of rotatable bonds is 6. The van der Waals surface area contributed by atoms with Crippen molar-refractivity contribution in [3.05, 3.63) is 54.0 Å². The summed E-state index contributed by atoms with van der Waals surface area (Å²) in [6.45, 7) is 6.00. The number of aliphatic imine (C=N–C) groups is 1. The molecule has 23 heavy (non-hydrogen) atoms. The Morgan fingerprint density at radius 3 is 2.65 bits per heavy atom. The molecule has 0 saturated heterocycles. The zero-order valence-electron chi connectivity index (χ0n) is 13.3. The summed E-state index contributed by atoms with van der Waals surface area (Å²) in [5.41, 5.74) is 0.824. The fraction of sp³-hybridized carbons (Fsp3) is 0.294. The van der Waals surface area contributed by atoms with E-state index in [4.69, 9.17) is 4.74 Å². The van der Waals surface area contributed by atoms with Crippen molar-refractivity contribution in [2.45, 2.75) is 20.4 Å². The number of benzene rings is 1. The van der Waals surface area contributed by atoms with Gasteiger partial charge in [-0.05, 0) is 32.0 Å². The first-order chi connectivity index (χ1) is 11.2. The van der Waals surface area contributed by atoms with Gasteiger partial charge in [-0.3, -0.25) is 0 Å². The first-order valence-electron chi connectivity index (χ1n) is 7.62. The van der Waals surface area contributed by atoms with Crippen LogP contribution < -0.4 is 15.4 Å². The summed E-state index contributed by atoms with van der Waals surface area (Å²) < 4.78 is 18.9. The number of hydrogen-bond donors (Lipinski definition) is 2. The maximum Gasteiger partial charge on any atom is 0.224 e. The molecule has 5 nitrogen and oxygen atoms in total. The number of halogens is 1. The van der Waals surface area contributed by atoms with Crippen LogP contribution in [0, 0.1) is 5.82 Å². The fourth-order valence-electron chi connectivity index (χ4n) is 1.95. The van der Waals surface area contributed by atoms with Crippen molar-refractivity contribution in [3.63, 3.8) is 0 Å². The molecular formula is C17H21FN4O. The van der Waals surface area contributed by atoms with Crippen molar-refractivity contribution < 1.29 is 9.13 Å². The van der Waals surface area contributed by atoms with Gasteiger partial charge in [0.25, 0.3) is 0 Å². The van der Waals surface area contributed by atoms with Crippen molar-refractivity contribution in [1.82, 2.24) is 15.6 Å². The molecule has 1 aromatic heterocycles. The summed E-state index contributed by atoms with van der Waals surface area (Å²) in [7, 11) is 0. The standard InChI is InChI=1S/C17H21FN4O/c1-3-19-17(20-4-2)22-12-13-7-6-10-21-16(13)23-15-9-5-8-14(18)11-15/h5-11H,3-4,12H2,1-2H3,(H2,19,20,22). The molecule has 6 heteroatoms. The zero-order valence-corrected chi connectivity index (χ0v) is 13.3. The number of nitrogens with one attached hydrogen (secondary N) is 2. The third kappa shape index (κ3) is 5.25. The second-order valence-corrected chi connectivity index (χ2v) is 4.75. The van der Waals surface area contributed by atoms with Crippen LogP contribution in [0.2, 0.25) is 0 Å². The fourth-order valence-corrected chi connectivity index (χ4v) is 1.95. The number of pyridine rings is 1. The zero-order chi connectivity index (χ0) is 16.5. The van der Waals surface area contributed by atoms with Crippen LogP contribution in [0.3, 0.4) is 0 Å². The van der Waals surface area contributed by atoms with Crippen molar-refractivity contribution in [1.29, 1.82) is 0 Å². The Kier molecular flexibility index (Phi) is 6.35. The largest absolute Gasteiger partial charge is 0.439 e. The lowest BCUT2D eigenvalue weighted by Crippen LogP contribution is -2.36. The predicted molar refractivity (Wildman–Crippen MR) is 89.2 cm³/mol. The topological polar surface area (TPSA) is 58.5 Å². The average Bonchev–Trinajstić information content (AvgIpc) is 2.54. The lowest BCUT2D eigenvalue weighted by molar-refractivity contribution is 0.452. The molecule has 0 fully saturated rings. The third-order valence-electron chi connectivity index (χ3n) is 2.96. The van der Waals surface area contributed by atoms with Gasteiger partial charge in [0, 0.05) is 30.9 Å². The van der Waals surface area contributed by atoms with E-state index in [1.165, 1.54) is 12.1 Å². The normalized spacial score (nSPS) is 10.0. The Bertz CT molecular complexity index is 653. The van der Waals surface area contributed by atoms with Gasteiger partial charge in [0.1, 0.15) is 11.6 Å². The molecule has 0 aliphatic heterocycles. The van der Waals surface area contributed by atoms with Crippen LogP contribution in [0.4, 0.5) is 4.39 Å². The van der Waals surface area contributed by atoms with E-state index in [0.717, 1.165) is 24.6 Å². The highest BCUT2D eigenvalue weighted by Gasteiger charge is 2.07. The van der Waals surface area contributed by atoms with Crippen molar-refractivity contribution in [3.8, 4) is 11.6 Å². The van der Waals surface area contributed by atoms with Gasteiger partial charge in [-0.1, -0.05) is 12.1 Å². The van der Waals surface area contributed by atoms with Crippen LogP contribution >= 0.6 is 0 Å². The minimum atomic E-state index is -0.348. The van der Waals surface area contributed by atoms with E-state index in [9.17, 15) is 4.39 Å². The van der Waals surface area contributed by atoms with E-state index < -0.39 is 0 Å². The molecule has 2 N–H and O–H groups in total. The van der Waals surface area contributed by atoms with E-state index in [1.807, 2.05) is 26.0 Å². The summed E-state index contributed by atoms with van der Waals surface area (Å²) in [6.07, 6.45) is 1.64. The molecule has 0 atom stereocenters. The molecular weight excluding hydrogens is 295 g/mol. The molecule has 0 spiro atoms. The Morgan fingerprint density at radius 1 is 1.17 bits per heavy atom. The van der Waals surface area contributed by atoms with Gasteiger partial charge in [0.2, 0.25) is 5.88 Å². The van der Waals surface area contributed by atoms with Gasteiger partial charge in [-0.25, -0.2) is 14.4 Å². The number of nitrogens with zero attached hydrogens (tertiary/aromatic N) is 2. The van der Waals surface area contributed by atoms with Crippen LogP contribution in [-0.4, -0.2) is 24.0 Å². The predicted octanol–water partition coefficient (Wildman–Crippen LogP) is 3.09. The SMILES string of the molecule is CCNC(=NCc1cccnc1Oc1cccc(F)c1)NCC. The van der Waals surface area contributed by atoms with Crippen LogP contribution in [0.1, 0.15) is 19.4 Å². The first-order valence-corrected chi connectivity index (χ1v) is 7.62. The van der Waals surface area contributed by atoms with Crippen LogP contribution in [0.15, 0.2) is 47.6 Å². The first kappa shape index (κ1) is 16.7. The second kappa shape index (κ2) is 8.73. The highest BCUT2D eigenvalue weighted by atomic mass is 19.1. The van der Waals surface area contributed by atoms with Gasteiger partial charge in [-0.2, -0.15) is 0 Å². The molecule has 0 aliphatic carbocycles. The molecule has 1 aromatic carbocycles. The van der Waals surface area contributed by atoms with E-state index in [0.29, 0.717) is 18.2 Å². The smallest absolute Gasteiger partial charge is 0.224 e. The minimum absolute atomic E-state index is 0.348. The number of hydrogen-bond acceptors (Lipinski definition) is 3. The summed E-state index contributed by atoms with van der Waals surface area (Å²) in [5, 5.41) is 6.32. The summed E-state index contributed by atoms with van der Waals surface area (Å²) >= 11 is 0. The van der Waals surface area contributed by atoms with E-state index in [2.05, 4.69) is 20.6 Å². The number of guanidine groups is 1. The monoisotopic (exact) mass is 316 g/mol. The molecule has 0 amide bonds. The molecule has 0 unspecified atom stereocenters. The lowest BCUT2D eigenvalue weighted by Gasteiger charge is -2.11. The molecule has 122 valence electrons. The number of aromatic nitrogens is 1. The maximum atomic E-state index is 13.3.